The molecule has 0 aliphatic rings. The van der Waals surface area contributed by atoms with Gasteiger partial charge in [-0.15, -0.1) is 13.2 Å². The number of carboxylic acid groups (broad SMARTS) is 1. The molecule has 0 aliphatic heterocycles. The number of carboxylic acids is 1. The molecule has 0 saturated heterocycles. The molecule has 0 atom stereocenters. The van der Waals surface area contributed by atoms with E-state index in [0.717, 1.165) is 18.2 Å². The van der Waals surface area contributed by atoms with E-state index in [1.807, 2.05) is 0 Å². The lowest BCUT2D eigenvalue weighted by Gasteiger charge is -2.13. The van der Waals surface area contributed by atoms with Gasteiger partial charge >= 0.3 is 12.3 Å². The molecule has 0 saturated carbocycles. The summed E-state index contributed by atoms with van der Waals surface area (Å²) in [4.78, 5) is 10.4. The van der Waals surface area contributed by atoms with E-state index in [2.05, 4.69) is 4.74 Å². The van der Waals surface area contributed by atoms with Crippen LogP contribution in [0, 0.1) is 0 Å². The van der Waals surface area contributed by atoms with Crippen LogP contribution >= 0.6 is 0 Å². The number of halogens is 3. The van der Waals surface area contributed by atoms with E-state index in [-0.39, 0.29) is 5.56 Å². The number of hydrogen-bond donors (Lipinski definition) is 1. The van der Waals surface area contributed by atoms with Gasteiger partial charge in [0.05, 0.1) is 0 Å². The summed E-state index contributed by atoms with van der Waals surface area (Å²) in [6.45, 7) is 1.75. The molecule has 1 N–H and O–H groups in total. The van der Waals surface area contributed by atoms with Gasteiger partial charge in [0.25, 0.3) is 0 Å². The van der Waals surface area contributed by atoms with Gasteiger partial charge in [0.2, 0.25) is 0 Å². The Bertz CT molecular complexity index is 464. The van der Waals surface area contributed by atoms with Crippen molar-refractivity contribution in [3.8, 4) is 5.75 Å². The number of aliphatic carboxylic acids is 1. The first-order chi connectivity index (χ1) is 8.33. The molecule has 1 rings (SSSR count). The van der Waals surface area contributed by atoms with Gasteiger partial charge < -0.3 is 9.84 Å². The predicted octanol–water partition coefficient (Wildman–Crippen LogP) is 3.25. The van der Waals surface area contributed by atoms with Crippen LogP contribution in [0.1, 0.15) is 18.1 Å². The van der Waals surface area contributed by atoms with Crippen molar-refractivity contribution in [2.45, 2.75) is 19.7 Å². The predicted molar refractivity (Wildman–Crippen MR) is 59.2 cm³/mol. The highest BCUT2D eigenvalue weighted by atomic mass is 19.4. The third-order valence-electron chi connectivity index (χ3n) is 2.16. The summed E-state index contributed by atoms with van der Waals surface area (Å²) in [6.07, 6.45) is -2.47. The number of aryl methyl sites for hydroxylation is 1. The number of benzene rings is 1. The average Bonchev–Trinajstić information content (AvgIpc) is 2.24. The van der Waals surface area contributed by atoms with E-state index >= 15 is 0 Å². The zero-order valence-corrected chi connectivity index (χ0v) is 9.49. The summed E-state index contributed by atoms with van der Waals surface area (Å²) >= 11 is 0. The maximum Gasteiger partial charge on any atom is 0.573 e. The van der Waals surface area contributed by atoms with Crippen molar-refractivity contribution in [1.82, 2.24) is 0 Å². The Hall–Kier alpha value is -1.98. The van der Waals surface area contributed by atoms with Crippen LogP contribution in [0.2, 0.25) is 0 Å². The highest BCUT2D eigenvalue weighted by molar-refractivity contribution is 5.86. The molecule has 0 unspecified atom stereocenters. The molecule has 0 bridgehead atoms. The zero-order chi connectivity index (χ0) is 13.8. The topological polar surface area (TPSA) is 46.5 Å². The van der Waals surface area contributed by atoms with Crippen LogP contribution in [-0.4, -0.2) is 17.4 Å². The minimum atomic E-state index is -4.81. The monoisotopic (exact) mass is 260 g/mol. The summed E-state index contributed by atoms with van der Waals surface area (Å²) in [5, 5.41) is 8.51. The minimum Gasteiger partial charge on any atom is -0.478 e. The molecular weight excluding hydrogens is 249 g/mol. The highest BCUT2D eigenvalue weighted by Crippen LogP contribution is 2.29. The molecule has 0 aliphatic carbocycles. The fraction of sp³-hybridized carbons (Fsp3) is 0.250. The average molecular weight is 260 g/mol. The van der Waals surface area contributed by atoms with E-state index in [1.54, 1.807) is 13.0 Å². The minimum absolute atomic E-state index is 0.125. The second-order valence-corrected chi connectivity index (χ2v) is 3.40. The van der Waals surface area contributed by atoms with Gasteiger partial charge in [-0.2, -0.15) is 0 Å². The molecule has 0 spiro atoms. The van der Waals surface area contributed by atoms with Gasteiger partial charge in [-0.05, 0) is 24.1 Å². The van der Waals surface area contributed by atoms with Gasteiger partial charge in [0.1, 0.15) is 5.75 Å². The SMILES string of the molecule is CCc1cccc(OC(F)(F)F)c1/C=C/C(=O)O. The molecule has 0 fully saturated rings. The lowest BCUT2D eigenvalue weighted by molar-refractivity contribution is -0.274. The molecule has 1 aromatic rings. The molecule has 98 valence electrons. The van der Waals surface area contributed by atoms with Crippen molar-refractivity contribution in [2.24, 2.45) is 0 Å². The van der Waals surface area contributed by atoms with Crippen molar-refractivity contribution in [3.05, 3.63) is 35.4 Å². The molecule has 18 heavy (non-hydrogen) atoms. The van der Waals surface area contributed by atoms with Gasteiger partial charge in [-0.25, -0.2) is 4.79 Å². The highest BCUT2D eigenvalue weighted by Gasteiger charge is 2.32. The Morgan fingerprint density at radius 3 is 2.61 bits per heavy atom. The Morgan fingerprint density at radius 2 is 2.11 bits per heavy atom. The molecule has 0 heterocycles. The Balaban J connectivity index is 3.20. The number of carbonyl (C=O) groups is 1. The van der Waals surface area contributed by atoms with E-state index in [9.17, 15) is 18.0 Å². The first-order valence-electron chi connectivity index (χ1n) is 5.12. The van der Waals surface area contributed by atoms with Crippen LogP contribution in [0.4, 0.5) is 13.2 Å². The van der Waals surface area contributed by atoms with Gasteiger partial charge in [-0.3, -0.25) is 0 Å². The fourth-order valence-electron chi connectivity index (χ4n) is 1.46. The molecule has 1 aromatic carbocycles. The second-order valence-electron chi connectivity index (χ2n) is 3.40. The Morgan fingerprint density at radius 1 is 1.44 bits per heavy atom. The van der Waals surface area contributed by atoms with Gasteiger partial charge in [0.15, 0.2) is 0 Å². The van der Waals surface area contributed by atoms with Gasteiger partial charge in [0, 0.05) is 11.6 Å². The fourth-order valence-corrected chi connectivity index (χ4v) is 1.46. The van der Waals surface area contributed by atoms with Crippen molar-refractivity contribution >= 4 is 12.0 Å². The summed E-state index contributed by atoms with van der Waals surface area (Å²) in [6, 6.07) is 4.19. The smallest absolute Gasteiger partial charge is 0.478 e. The van der Waals surface area contributed by atoms with Crippen LogP contribution in [0.3, 0.4) is 0 Å². The van der Waals surface area contributed by atoms with Crippen molar-refractivity contribution in [1.29, 1.82) is 0 Å². The quantitative estimate of drug-likeness (QED) is 0.845. The van der Waals surface area contributed by atoms with E-state index in [1.165, 1.54) is 6.07 Å². The normalized spacial score (nSPS) is 11.8. The second kappa shape index (κ2) is 5.57. The van der Waals surface area contributed by atoms with Crippen LogP contribution in [0.5, 0.6) is 5.75 Å². The largest absolute Gasteiger partial charge is 0.573 e. The Labute approximate surface area is 101 Å². The van der Waals surface area contributed by atoms with Gasteiger partial charge in [-0.1, -0.05) is 19.1 Å². The number of ether oxygens (including phenoxy) is 1. The number of hydrogen-bond acceptors (Lipinski definition) is 2. The molecule has 0 aromatic heterocycles. The zero-order valence-electron chi connectivity index (χ0n) is 9.49. The Kier molecular flexibility index (Phi) is 4.36. The van der Waals surface area contributed by atoms with Crippen LogP contribution in [0.15, 0.2) is 24.3 Å². The summed E-state index contributed by atoms with van der Waals surface area (Å²) in [7, 11) is 0. The maximum absolute atomic E-state index is 12.2. The van der Waals surface area contributed by atoms with E-state index in [4.69, 9.17) is 5.11 Å². The first-order valence-corrected chi connectivity index (χ1v) is 5.12. The standard InChI is InChI=1S/C12H11F3O3/c1-2-8-4-3-5-10(18-12(13,14)15)9(8)6-7-11(16)17/h3-7H,2H2,1H3,(H,16,17)/b7-6+. The summed E-state index contributed by atoms with van der Waals surface area (Å²) < 4.78 is 40.4. The third-order valence-corrected chi connectivity index (χ3v) is 2.16. The molecule has 0 radical (unpaired) electrons. The number of alkyl halides is 3. The van der Waals surface area contributed by atoms with Crippen LogP contribution in [-0.2, 0) is 11.2 Å². The maximum atomic E-state index is 12.2. The number of rotatable bonds is 4. The van der Waals surface area contributed by atoms with E-state index in [0.29, 0.717) is 12.0 Å². The third kappa shape index (κ3) is 4.12. The van der Waals surface area contributed by atoms with Crippen molar-refractivity contribution in [2.75, 3.05) is 0 Å². The van der Waals surface area contributed by atoms with Crippen molar-refractivity contribution < 1.29 is 27.8 Å². The van der Waals surface area contributed by atoms with Crippen molar-refractivity contribution in [3.63, 3.8) is 0 Å². The molecule has 3 nitrogen and oxygen atoms in total. The molecular formula is C12H11F3O3. The molecule has 0 amide bonds. The summed E-state index contributed by atoms with van der Waals surface area (Å²) in [5.74, 6) is -1.64. The lowest BCUT2D eigenvalue weighted by atomic mass is 10.0. The van der Waals surface area contributed by atoms with Crippen LogP contribution < -0.4 is 4.74 Å². The van der Waals surface area contributed by atoms with E-state index < -0.39 is 18.1 Å². The first kappa shape index (κ1) is 14.1. The summed E-state index contributed by atoms with van der Waals surface area (Å²) in [5.41, 5.74) is 0.703. The molecule has 6 heteroatoms. The van der Waals surface area contributed by atoms with Crippen LogP contribution in [0.25, 0.3) is 6.08 Å². The lowest BCUT2D eigenvalue weighted by Crippen LogP contribution is -2.18.